The van der Waals surface area contributed by atoms with Gasteiger partial charge in [-0.2, -0.15) is 0 Å². The fraction of sp³-hybridized carbons (Fsp3) is 0.533. The maximum Gasteiger partial charge on any atom is 0.165 e. The van der Waals surface area contributed by atoms with Crippen molar-refractivity contribution in [1.82, 2.24) is 0 Å². The van der Waals surface area contributed by atoms with E-state index in [2.05, 4.69) is 0 Å². The van der Waals surface area contributed by atoms with Gasteiger partial charge in [0.05, 0.1) is 7.11 Å². The lowest BCUT2D eigenvalue weighted by Crippen LogP contribution is -2.09. The van der Waals surface area contributed by atoms with Crippen molar-refractivity contribution in [2.75, 3.05) is 7.11 Å². The average molecular weight is 248 g/mol. The molecule has 2 atom stereocenters. The number of rotatable bonds is 4. The van der Waals surface area contributed by atoms with Gasteiger partial charge in [-0.05, 0) is 42.4 Å². The number of hydrogen-bond acceptors (Lipinski definition) is 2. The molecule has 0 aliphatic heterocycles. The topological polar surface area (TPSA) is 26.3 Å². The molecular formula is C15H17FO2. The molecule has 0 aromatic heterocycles. The number of Topliss-reactive ketones (excluding diaryl/α,β-unsaturated/α-hetero) is 1. The van der Waals surface area contributed by atoms with Crippen molar-refractivity contribution in [3.63, 3.8) is 0 Å². The smallest absolute Gasteiger partial charge is 0.165 e. The van der Waals surface area contributed by atoms with Crippen LogP contribution in [0, 0.1) is 23.6 Å². The van der Waals surface area contributed by atoms with Crippen LogP contribution in [0.2, 0.25) is 0 Å². The number of fused-ring (bicyclic) bond motifs is 1. The molecule has 0 spiro atoms. The molecule has 0 N–H and O–H groups in total. The third-order valence-electron chi connectivity index (χ3n) is 4.37. The predicted octanol–water partition coefficient (Wildman–Crippen LogP) is 2.99. The van der Waals surface area contributed by atoms with Gasteiger partial charge < -0.3 is 4.74 Å². The van der Waals surface area contributed by atoms with Crippen LogP contribution in [-0.2, 0) is 11.2 Å². The average Bonchev–Trinajstić information content (AvgIpc) is 2.84. The number of hydrogen-bond donors (Lipinski definition) is 0. The maximum absolute atomic E-state index is 13.5. The van der Waals surface area contributed by atoms with E-state index >= 15 is 0 Å². The normalized spacial score (nSPS) is 28.9. The minimum Gasteiger partial charge on any atom is -0.494 e. The molecule has 2 aliphatic rings. The first kappa shape index (κ1) is 11.7. The van der Waals surface area contributed by atoms with Crippen molar-refractivity contribution in [2.45, 2.75) is 25.7 Å². The van der Waals surface area contributed by atoms with Gasteiger partial charge in [0, 0.05) is 12.3 Å². The fourth-order valence-electron chi connectivity index (χ4n) is 3.44. The van der Waals surface area contributed by atoms with E-state index in [1.807, 2.05) is 0 Å². The number of carbonyl (C=O) groups excluding carboxylic acids is 1. The van der Waals surface area contributed by atoms with E-state index in [0.29, 0.717) is 18.3 Å². The van der Waals surface area contributed by atoms with Gasteiger partial charge in [0.1, 0.15) is 5.78 Å². The molecular weight excluding hydrogens is 231 g/mol. The highest BCUT2D eigenvalue weighted by Crippen LogP contribution is 2.58. The first-order valence-corrected chi connectivity index (χ1v) is 6.56. The van der Waals surface area contributed by atoms with Crippen LogP contribution in [0.15, 0.2) is 18.2 Å². The number of benzene rings is 1. The lowest BCUT2D eigenvalue weighted by atomic mass is 10.0. The van der Waals surface area contributed by atoms with Crippen LogP contribution in [0.3, 0.4) is 0 Å². The Bertz CT molecular complexity index is 473. The zero-order valence-electron chi connectivity index (χ0n) is 10.5. The third kappa shape index (κ3) is 1.92. The summed E-state index contributed by atoms with van der Waals surface area (Å²) in [5, 5.41) is 0. The molecule has 2 nitrogen and oxygen atoms in total. The van der Waals surface area contributed by atoms with E-state index in [1.165, 1.54) is 32.4 Å². The molecule has 0 saturated heterocycles. The van der Waals surface area contributed by atoms with Crippen LogP contribution in [0.1, 0.15) is 24.8 Å². The van der Waals surface area contributed by atoms with E-state index in [1.54, 1.807) is 12.1 Å². The van der Waals surface area contributed by atoms with Gasteiger partial charge in [-0.25, -0.2) is 4.39 Å². The molecule has 0 bridgehead atoms. The molecule has 1 aromatic carbocycles. The van der Waals surface area contributed by atoms with Gasteiger partial charge in [-0.15, -0.1) is 0 Å². The summed E-state index contributed by atoms with van der Waals surface area (Å²) in [6.45, 7) is 0. The van der Waals surface area contributed by atoms with E-state index in [4.69, 9.17) is 4.74 Å². The van der Waals surface area contributed by atoms with Crippen LogP contribution in [-0.4, -0.2) is 12.9 Å². The van der Waals surface area contributed by atoms with Gasteiger partial charge in [-0.3, -0.25) is 4.79 Å². The Morgan fingerprint density at radius 1 is 1.39 bits per heavy atom. The highest BCUT2D eigenvalue weighted by atomic mass is 19.1. The second-order valence-electron chi connectivity index (χ2n) is 5.40. The summed E-state index contributed by atoms with van der Waals surface area (Å²) in [5.41, 5.74) is 0.753. The fourth-order valence-corrected chi connectivity index (χ4v) is 3.44. The summed E-state index contributed by atoms with van der Waals surface area (Å²) >= 11 is 0. The second-order valence-corrected chi connectivity index (χ2v) is 5.40. The van der Waals surface area contributed by atoms with Crippen molar-refractivity contribution in [1.29, 1.82) is 0 Å². The molecule has 2 fully saturated rings. The minimum atomic E-state index is -0.390. The summed E-state index contributed by atoms with van der Waals surface area (Å²) in [6.07, 6.45) is 4.05. The molecule has 96 valence electrons. The molecule has 18 heavy (non-hydrogen) atoms. The number of halogens is 1. The summed E-state index contributed by atoms with van der Waals surface area (Å²) in [4.78, 5) is 12.1. The Kier molecular flexibility index (Phi) is 2.84. The first-order valence-electron chi connectivity index (χ1n) is 6.56. The SMILES string of the molecule is COc1ccc(CC(=O)C2C3CCCC32)cc1F. The van der Waals surface area contributed by atoms with Crippen LogP contribution >= 0.6 is 0 Å². The molecule has 1 aromatic rings. The number of ether oxygens (including phenoxy) is 1. The van der Waals surface area contributed by atoms with Gasteiger partial charge in [0.15, 0.2) is 11.6 Å². The standard InChI is InChI=1S/C15H17FO2/c1-18-14-6-5-9(7-12(14)16)8-13(17)15-10-3-2-4-11(10)15/h5-7,10-11,15H,2-4,8H2,1H3. The van der Waals surface area contributed by atoms with E-state index < -0.39 is 5.82 Å². The second kappa shape index (κ2) is 4.38. The van der Waals surface area contributed by atoms with Crippen molar-refractivity contribution in [2.24, 2.45) is 17.8 Å². The van der Waals surface area contributed by atoms with Crippen LogP contribution in [0.25, 0.3) is 0 Å². The summed E-state index contributed by atoms with van der Waals surface area (Å²) in [5.74, 6) is 1.67. The summed E-state index contributed by atoms with van der Waals surface area (Å²) in [6, 6.07) is 4.78. The lowest BCUT2D eigenvalue weighted by Gasteiger charge is -2.06. The molecule has 2 saturated carbocycles. The Morgan fingerprint density at radius 2 is 2.11 bits per heavy atom. The van der Waals surface area contributed by atoms with Crippen LogP contribution in [0.5, 0.6) is 5.75 Å². The zero-order valence-corrected chi connectivity index (χ0v) is 10.5. The monoisotopic (exact) mass is 248 g/mol. The van der Waals surface area contributed by atoms with Gasteiger partial charge in [0.2, 0.25) is 0 Å². The number of methoxy groups -OCH3 is 1. The Hall–Kier alpha value is -1.38. The largest absolute Gasteiger partial charge is 0.494 e. The Morgan fingerprint density at radius 3 is 2.72 bits per heavy atom. The van der Waals surface area contributed by atoms with Crippen LogP contribution < -0.4 is 4.74 Å². The molecule has 2 aliphatic carbocycles. The van der Waals surface area contributed by atoms with Crippen molar-refractivity contribution >= 4 is 5.78 Å². The highest BCUT2D eigenvalue weighted by Gasteiger charge is 2.55. The zero-order chi connectivity index (χ0) is 12.7. The van der Waals surface area contributed by atoms with E-state index in [0.717, 1.165) is 5.56 Å². The van der Waals surface area contributed by atoms with E-state index in [-0.39, 0.29) is 17.5 Å². The third-order valence-corrected chi connectivity index (χ3v) is 4.37. The molecule has 2 unspecified atom stereocenters. The molecule has 0 radical (unpaired) electrons. The molecule has 0 amide bonds. The first-order chi connectivity index (χ1) is 8.70. The molecule has 0 heterocycles. The maximum atomic E-state index is 13.5. The minimum absolute atomic E-state index is 0.231. The quantitative estimate of drug-likeness (QED) is 0.818. The summed E-state index contributed by atoms with van der Waals surface area (Å²) < 4.78 is 18.4. The van der Waals surface area contributed by atoms with Gasteiger partial charge >= 0.3 is 0 Å². The Balaban J connectivity index is 1.66. The van der Waals surface area contributed by atoms with Crippen molar-refractivity contribution in [3.05, 3.63) is 29.6 Å². The van der Waals surface area contributed by atoms with Crippen molar-refractivity contribution < 1.29 is 13.9 Å². The Labute approximate surface area is 106 Å². The molecule has 3 rings (SSSR count). The summed E-state index contributed by atoms with van der Waals surface area (Å²) in [7, 11) is 1.44. The van der Waals surface area contributed by atoms with Crippen molar-refractivity contribution in [3.8, 4) is 5.75 Å². The van der Waals surface area contributed by atoms with Crippen LogP contribution in [0.4, 0.5) is 4.39 Å². The van der Waals surface area contributed by atoms with Gasteiger partial charge in [-0.1, -0.05) is 12.5 Å². The number of ketones is 1. The van der Waals surface area contributed by atoms with Gasteiger partial charge in [0.25, 0.3) is 0 Å². The predicted molar refractivity (Wildman–Crippen MR) is 66.0 cm³/mol. The highest BCUT2D eigenvalue weighted by molar-refractivity contribution is 5.86. The lowest BCUT2D eigenvalue weighted by molar-refractivity contribution is -0.120. The number of carbonyl (C=O) groups is 1. The molecule has 3 heteroatoms. The van der Waals surface area contributed by atoms with E-state index in [9.17, 15) is 9.18 Å².